The van der Waals surface area contributed by atoms with Crippen LogP contribution in [-0.4, -0.2) is 23.6 Å². The molecule has 0 spiro atoms. The fourth-order valence-electron chi connectivity index (χ4n) is 3.36. The minimum atomic E-state index is -6.67. The first-order valence-electron chi connectivity index (χ1n) is 7.36. The van der Waals surface area contributed by atoms with Gasteiger partial charge < -0.3 is 5.11 Å². The van der Waals surface area contributed by atoms with Crippen LogP contribution >= 0.6 is 0 Å². The van der Waals surface area contributed by atoms with Gasteiger partial charge in [0.15, 0.2) is 0 Å². The molecule has 0 atom stereocenters. The van der Waals surface area contributed by atoms with Crippen LogP contribution in [0.1, 0.15) is 16.7 Å². The van der Waals surface area contributed by atoms with Crippen molar-refractivity contribution in [1.29, 1.82) is 0 Å². The number of alkyl halides is 9. The van der Waals surface area contributed by atoms with Gasteiger partial charge in [0.2, 0.25) is 0 Å². The number of fused-ring (bicyclic) bond motifs is 3. The second-order valence-electron chi connectivity index (χ2n) is 6.13. The van der Waals surface area contributed by atoms with Gasteiger partial charge in [0.1, 0.15) is 5.75 Å². The van der Waals surface area contributed by atoms with E-state index in [2.05, 4.69) is 0 Å². The van der Waals surface area contributed by atoms with Crippen LogP contribution in [0, 0.1) is 0 Å². The Morgan fingerprint density at radius 1 is 0.630 bits per heavy atom. The van der Waals surface area contributed by atoms with Crippen molar-refractivity contribution in [3.63, 3.8) is 0 Å². The maximum Gasteiger partial charge on any atom is 0.416 e. The van der Waals surface area contributed by atoms with Crippen molar-refractivity contribution in [1.82, 2.24) is 0 Å². The standard InChI is InChI=1S/C17H9F9O/c18-15(19,20)14(16(21,22)23,17(24,25)26)10-3-1-8-5-9-2-4-11(27)7-13(9)12(8)6-10/h1-4,6-7,27H,5H2. The molecule has 1 aliphatic carbocycles. The van der Waals surface area contributed by atoms with Gasteiger partial charge in [-0.25, -0.2) is 0 Å². The van der Waals surface area contributed by atoms with Crippen LogP contribution in [0.4, 0.5) is 39.5 Å². The number of hydrogen-bond donors (Lipinski definition) is 1. The zero-order chi connectivity index (χ0) is 20.4. The summed E-state index contributed by atoms with van der Waals surface area (Å²) >= 11 is 0. The molecule has 1 nitrogen and oxygen atoms in total. The largest absolute Gasteiger partial charge is 0.508 e. The van der Waals surface area contributed by atoms with Crippen molar-refractivity contribution in [3.05, 3.63) is 53.1 Å². The number of phenols is 1. The van der Waals surface area contributed by atoms with Crippen LogP contribution in [0.25, 0.3) is 11.1 Å². The Hall–Kier alpha value is -2.39. The second kappa shape index (κ2) is 5.56. The monoisotopic (exact) mass is 400 g/mol. The summed E-state index contributed by atoms with van der Waals surface area (Å²) in [7, 11) is 0. The van der Waals surface area contributed by atoms with Gasteiger partial charge in [0.05, 0.1) is 0 Å². The molecule has 0 saturated heterocycles. The van der Waals surface area contributed by atoms with Crippen molar-refractivity contribution in [2.75, 3.05) is 0 Å². The number of phenolic OH excluding ortho intramolecular Hbond substituents is 1. The molecule has 1 N–H and O–H groups in total. The Kier molecular flexibility index (Phi) is 3.99. The predicted molar refractivity (Wildman–Crippen MR) is 76.2 cm³/mol. The lowest BCUT2D eigenvalue weighted by Gasteiger charge is -2.39. The molecule has 10 heteroatoms. The Morgan fingerprint density at radius 3 is 1.56 bits per heavy atom. The van der Waals surface area contributed by atoms with Crippen LogP contribution in [-0.2, 0) is 11.8 Å². The summed E-state index contributed by atoms with van der Waals surface area (Å²) in [5, 5.41) is 9.50. The fourth-order valence-corrected chi connectivity index (χ4v) is 3.36. The van der Waals surface area contributed by atoms with Crippen molar-refractivity contribution < 1.29 is 44.6 Å². The topological polar surface area (TPSA) is 20.2 Å². The number of hydrogen-bond acceptors (Lipinski definition) is 1. The molecule has 2 aromatic rings. The molecule has 27 heavy (non-hydrogen) atoms. The first-order chi connectivity index (χ1) is 12.2. The summed E-state index contributed by atoms with van der Waals surface area (Å²) in [5.74, 6) is -0.319. The highest BCUT2D eigenvalue weighted by Gasteiger charge is 2.84. The second-order valence-corrected chi connectivity index (χ2v) is 6.13. The maximum absolute atomic E-state index is 13.3. The van der Waals surface area contributed by atoms with Crippen molar-refractivity contribution >= 4 is 0 Å². The third kappa shape index (κ3) is 2.64. The van der Waals surface area contributed by atoms with Gasteiger partial charge in [-0.1, -0.05) is 18.2 Å². The molecule has 0 unspecified atom stereocenters. The highest BCUT2D eigenvalue weighted by molar-refractivity contribution is 5.78. The van der Waals surface area contributed by atoms with Gasteiger partial charge in [0.25, 0.3) is 5.41 Å². The van der Waals surface area contributed by atoms with E-state index in [0.717, 1.165) is 12.1 Å². The van der Waals surface area contributed by atoms with E-state index in [1.807, 2.05) is 0 Å². The Morgan fingerprint density at radius 2 is 1.07 bits per heavy atom. The highest BCUT2D eigenvalue weighted by Crippen LogP contribution is 2.61. The number of aromatic hydroxyl groups is 1. The summed E-state index contributed by atoms with van der Waals surface area (Å²) in [6, 6.07) is 5.03. The van der Waals surface area contributed by atoms with Crippen LogP contribution in [0.2, 0.25) is 0 Å². The van der Waals surface area contributed by atoms with Gasteiger partial charge in [0, 0.05) is 0 Å². The molecule has 0 fully saturated rings. The van der Waals surface area contributed by atoms with Gasteiger partial charge in [-0.3, -0.25) is 0 Å². The van der Waals surface area contributed by atoms with E-state index in [0.29, 0.717) is 5.56 Å². The van der Waals surface area contributed by atoms with Gasteiger partial charge in [-0.05, 0) is 52.4 Å². The maximum atomic E-state index is 13.3. The smallest absolute Gasteiger partial charge is 0.416 e. The third-order valence-corrected chi connectivity index (χ3v) is 4.58. The first kappa shape index (κ1) is 19.4. The molecular formula is C17H9F9O. The van der Waals surface area contributed by atoms with Gasteiger partial charge in [-0.15, -0.1) is 0 Å². The summed E-state index contributed by atoms with van der Waals surface area (Å²) < 4.78 is 120. The molecule has 0 radical (unpaired) electrons. The minimum absolute atomic E-state index is 0.0901. The highest BCUT2D eigenvalue weighted by atomic mass is 19.4. The Balaban J connectivity index is 2.33. The molecule has 2 aromatic carbocycles. The number of benzene rings is 2. The van der Waals surface area contributed by atoms with E-state index in [-0.39, 0.29) is 41.0 Å². The summed E-state index contributed by atoms with van der Waals surface area (Å²) in [6.07, 6.45) is -19.9. The Bertz CT molecular complexity index is 855. The minimum Gasteiger partial charge on any atom is -0.508 e. The van der Waals surface area contributed by atoms with Crippen molar-refractivity contribution in [2.24, 2.45) is 0 Å². The molecule has 0 saturated carbocycles. The van der Waals surface area contributed by atoms with E-state index < -0.39 is 29.5 Å². The van der Waals surface area contributed by atoms with Gasteiger partial charge >= 0.3 is 18.5 Å². The van der Waals surface area contributed by atoms with E-state index >= 15 is 0 Å². The lowest BCUT2D eigenvalue weighted by molar-refractivity contribution is -0.387. The molecule has 0 aromatic heterocycles. The molecule has 0 bridgehead atoms. The normalized spacial score (nSPS) is 14.9. The molecule has 146 valence electrons. The fraction of sp³-hybridized carbons (Fsp3) is 0.294. The van der Waals surface area contributed by atoms with E-state index in [1.54, 1.807) is 0 Å². The van der Waals surface area contributed by atoms with Crippen molar-refractivity contribution in [2.45, 2.75) is 30.4 Å². The third-order valence-electron chi connectivity index (χ3n) is 4.58. The predicted octanol–water partition coefficient (Wildman–Crippen LogP) is 5.89. The summed E-state index contributed by atoms with van der Waals surface area (Å²) in [4.78, 5) is 0. The average Bonchev–Trinajstić information content (AvgIpc) is 2.80. The molecule has 0 amide bonds. The van der Waals surface area contributed by atoms with Crippen LogP contribution in [0.5, 0.6) is 5.75 Å². The number of rotatable bonds is 1. The summed E-state index contributed by atoms with van der Waals surface area (Å²) in [5.41, 5.74) is -7.38. The van der Waals surface area contributed by atoms with Gasteiger partial charge in [-0.2, -0.15) is 39.5 Å². The van der Waals surface area contributed by atoms with Crippen LogP contribution < -0.4 is 0 Å². The van der Waals surface area contributed by atoms with E-state index in [1.165, 1.54) is 12.1 Å². The summed E-state index contributed by atoms with van der Waals surface area (Å²) in [6.45, 7) is 0. The molecule has 3 rings (SSSR count). The van der Waals surface area contributed by atoms with E-state index in [9.17, 15) is 44.6 Å². The van der Waals surface area contributed by atoms with E-state index in [4.69, 9.17) is 0 Å². The molecular weight excluding hydrogens is 391 g/mol. The quantitative estimate of drug-likeness (QED) is 0.505. The lowest BCUT2D eigenvalue weighted by atomic mass is 9.77. The SMILES string of the molecule is Oc1ccc2c(c1)-c1cc(C(C(F)(F)F)(C(F)(F)F)C(F)(F)F)ccc1C2. The van der Waals surface area contributed by atoms with Crippen LogP contribution in [0.15, 0.2) is 36.4 Å². The zero-order valence-electron chi connectivity index (χ0n) is 13.0. The van der Waals surface area contributed by atoms with Crippen LogP contribution in [0.3, 0.4) is 0 Å². The molecule has 0 heterocycles. The molecule has 0 aliphatic heterocycles. The first-order valence-corrected chi connectivity index (χ1v) is 7.36. The lowest BCUT2D eigenvalue weighted by Crippen LogP contribution is -2.63. The molecule has 1 aliphatic rings. The number of halogens is 9. The van der Waals surface area contributed by atoms with Crippen molar-refractivity contribution in [3.8, 4) is 16.9 Å². The Labute approximate surface area is 146 Å². The zero-order valence-corrected chi connectivity index (χ0v) is 13.0. The average molecular weight is 400 g/mol.